The molecule has 0 saturated heterocycles. The lowest BCUT2D eigenvalue weighted by molar-refractivity contribution is -0.114. The first kappa shape index (κ1) is 22.4. The maximum atomic E-state index is 12.6. The number of hydrogen-bond acceptors (Lipinski definition) is 6. The van der Waals surface area contributed by atoms with Crippen molar-refractivity contribution in [3.05, 3.63) is 42.5 Å². The van der Waals surface area contributed by atoms with E-state index >= 15 is 0 Å². The van der Waals surface area contributed by atoms with Crippen LogP contribution in [-0.4, -0.2) is 47.4 Å². The van der Waals surface area contributed by atoms with Crippen LogP contribution in [-0.2, 0) is 14.8 Å². The van der Waals surface area contributed by atoms with Gasteiger partial charge in [-0.2, -0.15) is 0 Å². The number of sulfonamides is 1. The number of anilines is 2. The summed E-state index contributed by atoms with van der Waals surface area (Å²) < 4.78 is 41.5. The molecule has 0 radical (unpaired) electrons. The first-order chi connectivity index (χ1) is 13.6. The molecule has 8 nitrogen and oxygen atoms in total. The average Bonchev–Trinajstić information content (AvgIpc) is 2.65. The number of methoxy groups -OCH3 is 2. The average molecular weight is 423 g/mol. The van der Waals surface area contributed by atoms with E-state index in [1.807, 2.05) is 13.8 Å². The van der Waals surface area contributed by atoms with E-state index in [0.29, 0.717) is 28.6 Å². The van der Waals surface area contributed by atoms with Crippen LogP contribution in [0, 0.1) is 0 Å². The summed E-state index contributed by atoms with van der Waals surface area (Å²) in [6, 6.07) is 11.5. The number of benzene rings is 2. The minimum atomic E-state index is -3.69. The second kappa shape index (κ2) is 9.51. The third kappa shape index (κ3) is 6.28. The van der Waals surface area contributed by atoms with Gasteiger partial charge in [-0.25, -0.2) is 8.42 Å². The molecule has 0 aromatic heterocycles. The third-order valence-electron chi connectivity index (χ3n) is 3.86. The fourth-order valence-electron chi connectivity index (χ4n) is 2.60. The molecule has 158 valence electrons. The summed E-state index contributed by atoms with van der Waals surface area (Å²) in [5, 5.41) is 2.67. The quantitative estimate of drug-likeness (QED) is 0.668. The van der Waals surface area contributed by atoms with Crippen molar-refractivity contribution in [1.82, 2.24) is 0 Å². The van der Waals surface area contributed by atoms with Crippen molar-refractivity contribution in [1.29, 1.82) is 0 Å². The molecule has 0 unspecified atom stereocenters. The molecule has 0 spiro atoms. The van der Waals surface area contributed by atoms with Gasteiger partial charge in [-0.1, -0.05) is 0 Å². The van der Waals surface area contributed by atoms with E-state index < -0.39 is 22.5 Å². The van der Waals surface area contributed by atoms with Gasteiger partial charge in [0.1, 0.15) is 23.8 Å². The Kier molecular flexibility index (Phi) is 7.33. The fraction of sp³-hybridized carbons (Fsp3) is 0.350. The van der Waals surface area contributed by atoms with Crippen LogP contribution in [0.5, 0.6) is 17.2 Å². The minimum Gasteiger partial charge on any atom is -0.497 e. The lowest BCUT2D eigenvalue weighted by Crippen LogP contribution is -2.37. The minimum absolute atomic E-state index is 0.00418. The Hall–Kier alpha value is -2.94. The number of carbonyl (C=O) groups excluding carboxylic acids is 1. The number of amides is 1. The summed E-state index contributed by atoms with van der Waals surface area (Å²) in [7, 11) is -0.715. The second-order valence-electron chi connectivity index (χ2n) is 6.54. The predicted octanol–water partition coefficient (Wildman–Crippen LogP) is 2.90. The summed E-state index contributed by atoms with van der Waals surface area (Å²) in [6.45, 7) is 3.39. The molecule has 0 fully saturated rings. The summed E-state index contributed by atoms with van der Waals surface area (Å²) in [5.74, 6) is 1.05. The second-order valence-corrected chi connectivity index (χ2v) is 8.45. The molecule has 0 saturated carbocycles. The molecule has 1 amide bonds. The smallest absolute Gasteiger partial charge is 0.245 e. The van der Waals surface area contributed by atoms with E-state index in [1.54, 1.807) is 42.5 Å². The number of rotatable bonds is 9. The van der Waals surface area contributed by atoms with Gasteiger partial charge in [0.15, 0.2) is 0 Å². The van der Waals surface area contributed by atoms with E-state index in [4.69, 9.17) is 14.2 Å². The first-order valence-corrected chi connectivity index (χ1v) is 10.7. The largest absolute Gasteiger partial charge is 0.497 e. The van der Waals surface area contributed by atoms with Gasteiger partial charge >= 0.3 is 0 Å². The molecule has 0 aliphatic heterocycles. The summed E-state index contributed by atoms with van der Waals surface area (Å²) >= 11 is 0. The van der Waals surface area contributed by atoms with Crippen molar-refractivity contribution in [2.24, 2.45) is 0 Å². The zero-order valence-electron chi connectivity index (χ0n) is 17.1. The molecular weight excluding hydrogens is 396 g/mol. The van der Waals surface area contributed by atoms with Gasteiger partial charge in [0.2, 0.25) is 15.9 Å². The zero-order chi connectivity index (χ0) is 21.6. The van der Waals surface area contributed by atoms with Gasteiger partial charge in [0.05, 0.1) is 38.0 Å². The van der Waals surface area contributed by atoms with Crippen LogP contribution in [0.15, 0.2) is 42.5 Å². The van der Waals surface area contributed by atoms with E-state index in [9.17, 15) is 13.2 Å². The maximum Gasteiger partial charge on any atom is 0.245 e. The lowest BCUT2D eigenvalue weighted by Gasteiger charge is -2.22. The van der Waals surface area contributed by atoms with Gasteiger partial charge in [-0.15, -0.1) is 0 Å². The topological polar surface area (TPSA) is 94.2 Å². The van der Waals surface area contributed by atoms with Crippen molar-refractivity contribution >= 4 is 27.3 Å². The van der Waals surface area contributed by atoms with Crippen molar-refractivity contribution in [3.63, 3.8) is 0 Å². The molecule has 0 atom stereocenters. The molecule has 2 rings (SSSR count). The molecular formula is C20H26N2O6S. The van der Waals surface area contributed by atoms with Crippen molar-refractivity contribution in [3.8, 4) is 17.2 Å². The molecule has 2 aromatic rings. The molecule has 0 heterocycles. The maximum absolute atomic E-state index is 12.6. The van der Waals surface area contributed by atoms with Gasteiger partial charge < -0.3 is 19.5 Å². The summed E-state index contributed by atoms with van der Waals surface area (Å²) in [6.07, 6.45) is 1.04. The van der Waals surface area contributed by atoms with E-state index in [-0.39, 0.29) is 6.10 Å². The van der Waals surface area contributed by atoms with E-state index in [2.05, 4.69) is 5.32 Å². The number of ether oxygens (including phenoxy) is 3. The fourth-order valence-corrected chi connectivity index (χ4v) is 3.45. The van der Waals surface area contributed by atoms with Crippen LogP contribution in [0.3, 0.4) is 0 Å². The van der Waals surface area contributed by atoms with Crippen molar-refractivity contribution in [2.45, 2.75) is 20.0 Å². The highest BCUT2D eigenvalue weighted by atomic mass is 32.2. The lowest BCUT2D eigenvalue weighted by atomic mass is 10.2. The molecule has 2 aromatic carbocycles. The molecule has 9 heteroatoms. The molecule has 0 aliphatic rings. The Bertz CT molecular complexity index is 942. The highest BCUT2D eigenvalue weighted by Gasteiger charge is 2.22. The molecule has 0 aliphatic carbocycles. The van der Waals surface area contributed by atoms with E-state index in [0.717, 1.165) is 10.6 Å². The number of nitrogens with one attached hydrogen (secondary N) is 1. The molecule has 29 heavy (non-hydrogen) atoms. The Labute approximate surface area is 171 Å². The van der Waals surface area contributed by atoms with Crippen LogP contribution in [0.25, 0.3) is 0 Å². The standard InChI is InChI=1S/C20H26N2O6S/c1-14(2)28-16-8-6-15(7-9-16)22(29(5,24)25)13-20(23)21-18-12-17(26-3)10-11-19(18)27-4/h6-12,14H,13H2,1-5H3,(H,21,23). The van der Waals surface area contributed by atoms with Crippen LogP contribution in [0.1, 0.15) is 13.8 Å². The highest BCUT2D eigenvalue weighted by molar-refractivity contribution is 7.92. The number of nitrogens with zero attached hydrogens (tertiary/aromatic N) is 1. The van der Waals surface area contributed by atoms with Gasteiger partial charge in [-0.3, -0.25) is 9.10 Å². The summed E-state index contributed by atoms with van der Waals surface area (Å²) in [5.41, 5.74) is 0.738. The Balaban J connectivity index is 2.22. The zero-order valence-corrected chi connectivity index (χ0v) is 17.9. The van der Waals surface area contributed by atoms with Crippen molar-refractivity contribution in [2.75, 3.05) is 36.6 Å². The highest BCUT2D eigenvalue weighted by Crippen LogP contribution is 2.29. The monoisotopic (exact) mass is 422 g/mol. The van der Waals surface area contributed by atoms with E-state index in [1.165, 1.54) is 14.2 Å². The normalized spacial score (nSPS) is 11.1. The van der Waals surface area contributed by atoms with Gasteiger partial charge in [0, 0.05) is 6.07 Å². The Morgan fingerprint density at radius 1 is 1.03 bits per heavy atom. The number of carbonyl (C=O) groups is 1. The van der Waals surface area contributed by atoms with Crippen molar-refractivity contribution < 1.29 is 27.4 Å². The predicted molar refractivity (Wildman–Crippen MR) is 113 cm³/mol. The molecule has 1 N–H and O–H groups in total. The van der Waals surface area contributed by atoms with Crippen LogP contribution in [0.2, 0.25) is 0 Å². The third-order valence-corrected chi connectivity index (χ3v) is 5.01. The van der Waals surface area contributed by atoms with Crippen LogP contribution >= 0.6 is 0 Å². The Morgan fingerprint density at radius 2 is 1.66 bits per heavy atom. The Morgan fingerprint density at radius 3 is 2.17 bits per heavy atom. The first-order valence-electron chi connectivity index (χ1n) is 8.90. The SMILES string of the molecule is COc1ccc(OC)c(NC(=O)CN(c2ccc(OC(C)C)cc2)S(C)(=O)=O)c1. The summed E-state index contributed by atoms with van der Waals surface area (Å²) in [4.78, 5) is 12.6. The van der Waals surface area contributed by atoms with Crippen LogP contribution in [0.4, 0.5) is 11.4 Å². The number of hydrogen-bond donors (Lipinski definition) is 1. The molecule has 0 bridgehead atoms. The van der Waals surface area contributed by atoms with Crippen LogP contribution < -0.4 is 23.8 Å². The van der Waals surface area contributed by atoms with Gasteiger partial charge in [0.25, 0.3) is 0 Å². The van der Waals surface area contributed by atoms with Gasteiger partial charge in [-0.05, 0) is 50.2 Å².